The average molecular weight is 380 g/mol. The summed E-state index contributed by atoms with van der Waals surface area (Å²) in [6.45, 7) is 5.18. The van der Waals surface area contributed by atoms with Crippen molar-refractivity contribution in [1.29, 1.82) is 0 Å². The van der Waals surface area contributed by atoms with Crippen molar-refractivity contribution in [2.24, 2.45) is 16.1 Å². The molecule has 12 heteroatoms. The van der Waals surface area contributed by atoms with Crippen molar-refractivity contribution in [3.05, 3.63) is 30.5 Å². The van der Waals surface area contributed by atoms with Gasteiger partial charge in [-0.25, -0.2) is 20.4 Å². The third-order valence-corrected chi connectivity index (χ3v) is 2.58. The van der Waals surface area contributed by atoms with Gasteiger partial charge < -0.3 is 20.1 Å². The SMILES string of the molecule is CC(C)(C)OC(=O)N=Nc1ccc(-n2c(O)ccc2O)cn1.NNC(=O)O. The van der Waals surface area contributed by atoms with Crippen LogP contribution in [0.3, 0.4) is 0 Å². The van der Waals surface area contributed by atoms with E-state index in [9.17, 15) is 15.0 Å². The lowest BCUT2D eigenvalue weighted by atomic mass is 10.2. The summed E-state index contributed by atoms with van der Waals surface area (Å²) < 4.78 is 6.17. The molecule has 0 fully saturated rings. The number of carboxylic acid groups (broad SMARTS) is 1. The summed E-state index contributed by atoms with van der Waals surface area (Å²) in [7, 11) is 0. The molecule has 146 valence electrons. The van der Waals surface area contributed by atoms with Crippen LogP contribution in [0.25, 0.3) is 5.69 Å². The predicted octanol–water partition coefficient (Wildman–Crippen LogP) is 2.43. The number of pyridine rings is 1. The molecule has 0 aromatic carbocycles. The highest BCUT2D eigenvalue weighted by Crippen LogP contribution is 2.26. The molecule has 0 saturated heterocycles. The first kappa shape index (κ1) is 21.4. The number of hydrogen-bond acceptors (Lipinski definition) is 8. The number of carbonyl (C=O) groups excluding carboxylic acids is 1. The number of aromatic nitrogens is 2. The quantitative estimate of drug-likeness (QED) is 0.227. The van der Waals surface area contributed by atoms with Crippen LogP contribution in [-0.4, -0.2) is 42.7 Å². The van der Waals surface area contributed by atoms with Gasteiger partial charge in [-0.1, -0.05) is 5.11 Å². The van der Waals surface area contributed by atoms with Gasteiger partial charge in [0.15, 0.2) is 17.6 Å². The van der Waals surface area contributed by atoms with Gasteiger partial charge in [0, 0.05) is 12.1 Å². The molecule has 2 aromatic rings. The van der Waals surface area contributed by atoms with Crippen LogP contribution in [0.2, 0.25) is 0 Å². The predicted molar refractivity (Wildman–Crippen MR) is 93.0 cm³/mol. The lowest BCUT2D eigenvalue weighted by molar-refractivity contribution is 0.0592. The summed E-state index contributed by atoms with van der Waals surface area (Å²) in [4.78, 5) is 24.5. The minimum atomic E-state index is -1.22. The highest BCUT2D eigenvalue weighted by Gasteiger charge is 2.15. The minimum Gasteiger partial charge on any atom is -0.494 e. The van der Waals surface area contributed by atoms with Gasteiger partial charge in [-0.05, 0) is 32.9 Å². The van der Waals surface area contributed by atoms with Crippen LogP contribution in [0.5, 0.6) is 11.8 Å². The van der Waals surface area contributed by atoms with Gasteiger partial charge in [0.1, 0.15) is 5.60 Å². The second kappa shape index (κ2) is 9.15. The standard InChI is InChI=1S/C14H16N4O4.CH4N2O2/c1-14(2,3)22-13(21)17-16-10-5-4-9(8-15-10)18-11(19)6-7-12(18)20;2-3-1(4)5/h4-8,19-20H,1-3H3;3H,2H2,(H,4,5). The maximum atomic E-state index is 11.4. The monoisotopic (exact) mass is 380 g/mol. The van der Waals surface area contributed by atoms with Crippen molar-refractivity contribution in [3.8, 4) is 17.4 Å². The molecule has 2 aromatic heterocycles. The number of aromatic hydroxyl groups is 2. The molecule has 27 heavy (non-hydrogen) atoms. The zero-order chi connectivity index (χ0) is 20.6. The smallest absolute Gasteiger partial charge is 0.453 e. The Balaban J connectivity index is 0.000000646. The molecule has 0 aliphatic heterocycles. The van der Waals surface area contributed by atoms with Crippen LogP contribution in [0.4, 0.5) is 15.4 Å². The summed E-state index contributed by atoms with van der Waals surface area (Å²) >= 11 is 0. The minimum absolute atomic E-state index is 0.123. The van der Waals surface area contributed by atoms with Crippen molar-refractivity contribution < 1.29 is 29.6 Å². The number of hydrogen-bond donors (Lipinski definition) is 5. The molecule has 0 saturated carbocycles. The average Bonchev–Trinajstić information content (AvgIpc) is 2.91. The molecule has 0 radical (unpaired) electrons. The van der Waals surface area contributed by atoms with Crippen molar-refractivity contribution in [3.63, 3.8) is 0 Å². The fourth-order valence-corrected chi connectivity index (χ4v) is 1.62. The summed E-state index contributed by atoms with van der Waals surface area (Å²) in [5.41, 5.74) is 1.24. The van der Waals surface area contributed by atoms with Crippen molar-refractivity contribution in [1.82, 2.24) is 15.0 Å². The maximum Gasteiger partial charge on any atom is 0.453 e. The van der Waals surface area contributed by atoms with Gasteiger partial charge in [-0.15, -0.1) is 5.11 Å². The van der Waals surface area contributed by atoms with E-state index in [0.29, 0.717) is 5.69 Å². The van der Waals surface area contributed by atoms with Gasteiger partial charge in [0.2, 0.25) is 0 Å². The number of nitrogens with two attached hydrogens (primary N) is 1. The van der Waals surface area contributed by atoms with Gasteiger partial charge in [-0.2, -0.15) is 0 Å². The lowest BCUT2D eigenvalue weighted by Crippen LogP contribution is -2.27. The lowest BCUT2D eigenvalue weighted by Gasteiger charge is -2.16. The Morgan fingerprint density at radius 1 is 1.19 bits per heavy atom. The Labute approximate surface area is 153 Å². The van der Waals surface area contributed by atoms with E-state index in [2.05, 4.69) is 21.1 Å². The maximum absolute atomic E-state index is 11.4. The van der Waals surface area contributed by atoms with E-state index >= 15 is 0 Å². The van der Waals surface area contributed by atoms with Crippen molar-refractivity contribution in [2.75, 3.05) is 0 Å². The van der Waals surface area contributed by atoms with E-state index in [0.717, 1.165) is 0 Å². The fraction of sp³-hybridized carbons (Fsp3) is 0.267. The topological polar surface area (TPSA) is 185 Å². The molecule has 12 nitrogen and oxygen atoms in total. The summed E-state index contributed by atoms with van der Waals surface area (Å²) in [6, 6.07) is 5.76. The molecule has 2 heterocycles. The molecular formula is C15H20N6O6. The van der Waals surface area contributed by atoms with Crippen molar-refractivity contribution >= 4 is 18.0 Å². The largest absolute Gasteiger partial charge is 0.494 e. The first-order chi connectivity index (χ1) is 12.5. The van der Waals surface area contributed by atoms with Gasteiger partial charge in [0.05, 0.1) is 11.9 Å². The van der Waals surface area contributed by atoms with E-state index in [1.54, 1.807) is 26.8 Å². The highest BCUT2D eigenvalue weighted by atomic mass is 16.6. The van der Waals surface area contributed by atoms with Crippen LogP contribution in [-0.2, 0) is 4.74 Å². The summed E-state index contributed by atoms with van der Waals surface area (Å²) in [5, 5.41) is 33.8. The van der Waals surface area contributed by atoms with E-state index in [4.69, 9.17) is 14.6 Å². The number of rotatable bonds is 2. The zero-order valence-electron chi connectivity index (χ0n) is 14.8. The molecule has 0 unspecified atom stereocenters. The number of hydrazine groups is 1. The first-order valence-corrected chi connectivity index (χ1v) is 7.44. The Bertz CT molecular complexity index is 790. The highest BCUT2D eigenvalue weighted by molar-refractivity contribution is 5.68. The molecule has 0 atom stereocenters. The number of nitrogens with one attached hydrogen (secondary N) is 1. The van der Waals surface area contributed by atoms with Gasteiger partial charge >= 0.3 is 12.2 Å². The fourth-order valence-electron chi connectivity index (χ4n) is 1.62. The Morgan fingerprint density at radius 2 is 1.74 bits per heavy atom. The van der Waals surface area contributed by atoms with Crippen LogP contribution in [0.15, 0.2) is 40.7 Å². The summed E-state index contributed by atoms with van der Waals surface area (Å²) in [5.74, 6) is 4.27. The third kappa shape index (κ3) is 7.39. The second-order valence-electron chi connectivity index (χ2n) is 5.89. The number of azo groups is 1. The van der Waals surface area contributed by atoms with Crippen LogP contribution >= 0.6 is 0 Å². The normalized spacial score (nSPS) is 10.8. The van der Waals surface area contributed by atoms with Crippen molar-refractivity contribution in [2.45, 2.75) is 26.4 Å². The molecular weight excluding hydrogens is 360 g/mol. The number of amides is 2. The second-order valence-corrected chi connectivity index (χ2v) is 5.89. The molecule has 0 spiro atoms. The van der Waals surface area contributed by atoms with Crippen LogP contribution in [0.1, 0.15) is 20.8 Å². The summed E-state index contributed by atoms with van der Waals surface area (Å²) in [6.07, 6.45) is -0.646. The number of carbonyl (C=O) groups is 2. The zero-order valence-corrected chi connectivity index (χ0v) is 14.8. The van der Waals surface area contributed by atoms with E-state index in [1.165, 1.54) is 34.4 Å². The van der Waals surface area contributed by atoms with E-state index in [-0.39, 0.29) is 17.6 Å². The molecule has 2 rings (SSSR count). The van der Waals surface area contributed by atoms with Crippen LogP contribution < -0.4 is 11.3 Å². The Hall–Kier alpha value is -3.67. The third-order valence-electron chi connectivity index (χ3n) is 2.58. The van der Waals surface area contributed by atoms with Gasteiger partial charge in [0.25, 0.3) is 0 Å². The van der Waals surface area contributed by atoms with E-state index < -0.39 is 17.8 Å². The molecule has 0 bridgehead atoms. The molecule has 0 aliphatic carbocycles. The molecule has 6 N–H and O–H groups in total. The Morgan fingerprint density at radius 3 is 2.15 bits per heavy atom. The van der Waals surface area contributed by atoms with Crippen LogP contribution in [0, 0.1) is 0 Å². The number of ether oxygens (including phenoxy) is 1. The molecule has 0 aliphatic rings. The first-order valence-electron chi connectivity index (χ1n) is 7.44. The Kier molecular flexibility index (Phi) is 7.24. The number of nitrogens with zero attached hydrogens (tertiary/aromatic N) is 4. The molecule has 2 amide bonds. The van der Waals surface area contributed by atoms with E-state index in [1.807, 2.05) is 0 Å². The van der Waals surface area contributed by atoms with Gasteiger partial charge in [-0.3, -0.25) is 9.99 Å².